The molecular formula is C14H15NO2. The third-order valence-corrected chi connectivity index (χ3v) is 2.65. The van der Waals surface area contributed by atoms with Gasteiger partial charge in [0.1, 0.15) is 11.9 Å². The van der Waals surface area contributed by atoms with Crippen LogP contribution in [0.1, 0.15) is 22.9 Å². The molecule has 17 heavy (non-hydrogen) atoms. The van der Waals surface area contributed by atoms with Crippen LogP contribution in [0.3, 0.4) is 0 Å². The van der Waals surface area contributed by atoms with E-state index < -0.39 is 6.10 Å². The number of pyridine rings is 1. The molecule has 0 radical (unpaired) electrons. The highest BCUT2D eigenvalue weighted by molar-refractivity contribution is 5.41. The molecule has 0 saturated carbocycles. The van der Waals surface area contributed by atoms with Crippen LogP contribution in [0.4, 0.5) is 0 Å². The van der Waals surface area contributed by atoms with Crippen LogP contribution in [-0.4, -0.2) is 17.2 Å². The molecule has 0 unspecified atom stereocenters. The Labute approximate surface area is 101 Å². The number of methoxy groups -OCH3 is 1. The molecule has 0 amide bonds. The van der Waals surface area contributed by atoms with Gasteiger partial charge in [-0.1, -0.05) is 17.7 Å². The maximum absolute atomic E-state index is 10.3. The van der Waals surface area contributed by atoms with E-state index in [1.54, 1.807) is 19.4 Å². The Balaban J connectivity index is 2.43. The van der Waals surface area contributed by atoms with Crippen LogP contribution in [0.15, 0.2) is 42.6 Å². The monoisotopic (exact) mass is 229 g/mol. The summed E-state index contributed by atoms with van der Waals surface area (Å²) in [7, 11) is 1.60. The number of hydrogen-bond donors (Lipinski definition) is 1. The number of aliphatic hydroxyl groups excluding tert-OH is 1. The summed E-state index contributed by atoms with van der Waals surface area (Å²) in [5, 5.41) is 10.3. The van der Waals surface area contributed by atoms with Crippen LogP contribution in [-0.2, 0) is 0 Å². The van der Waals surface area contributed by atoms with Gasteiger partial charge in [0.05, 0.1) is 12.8 Å². The fraction of sp³-hybridized carbons (Fsp3) is 0.214. The first-order valence-electron chi connectivity index (χ1n) is 5.46. The lowest BCUT2D eigenvalue weighted by molar-refractivity contribution is 0.210. The highest BCUT2D eigenvalue weighted by Crippen LogP contribution is 2.29. The van der Waals surface area contributed by atoms with Crippen LogP contribution in [0.25, 0.3) is 0 Å². The molecule has 0 aliphatic carbocycles. The smallest absolute Gasteiger partial charge is 0.125 e. The first-order chi connectivity index (χ1) is 8.22. The fourth-order valence-electron chi connectivity index (χ4n) is 1.76. The lowest BCUT2D eigenvalue weighted by Crippen LogP contribution is -2.04. The van der Waals surface area contributed by atoms with Crippen molar-refractivity contribution >= 4 is 0 Å². The SMILES string of the molecule is COc1ccc(C)cc1[C@@H](O)c1ccccn1. The third-order valence-electron chi connectivity index (χ3n) is 2.65. The summed E-state index contributed by atoms with van der Waals surface area (Å²) >= 11 is 0. The topological polar surface area (TPSA) is 42.4 Å². The highest BCUT2D eigenvalue weighted by atomic mass is 16.5. The molecule has 2 aromatic rings. The predicted octanol–water partition coefficient (Wildman–Crippen LogP) is 2.48. The molecule has 0 fully saturated rings. The van der Waals surface area contributed by atoms with E-state index in [2.05, 4.69) is 4.98 Å². The number of ether oxygens (including phenoxy) is 1. The number of nitrogens with zero attached hydrogens (tertiary/aromatic N) is 1. The normalized spacial score (nSPS) is 12.2. The van der Waals surface area contributed by atoms with Crippen LogP contribution in [0.2, 0.25) is 0 Å². The zero-order chi connectivity index (χ0) is 12.3. The Morgan fingerprint density at radius 1 is 1.24 bits per heavy atom. The van der Waals surface area contributed by atoms with E-state index in [-0.39, 0.29) is 0 Å². The van der Waals surface area contributed by atoms with Gasteiger partial charge in [0.25, 0.3) is 0 Å². The average molecular weight is 229 g/mol. The first kappa shape index (κ1) is 11.6. The van der Waals surface area contributed by atoms with E-state index in [4.69, 9.17) is 4.74 Å². The van der Waals surface area contributed by atoms with Crippen molar-refractivity contribution in [1.29, 1.82) is 0 Å². The largest absolute Gasteiger partial charge is 0.496 e. The number of rotatable bonds is 3. The second kappa shape index (κ2) is 4.97. The predicted molar refractivity (Wildman–Crippen MR) is 66.0 cm³/mol. The van der Waals surface area contributed by atoms with Crippen LogP contribution in [0.5, 0.6) is 5.75 Å². The molecule has 2 rings (SSSR count). The summed E-state index contributed by atoms with van der Waals surface area (Å²) in [4.78, 5) is 4.15. The summed E-state index contributed by atoms with van der Waals surface area (Å²) < 4.78 is 5.26. The van der Waals surface area contributed by atoms with Gasteiger partial charge in [-0.25, -0.2) is 0 Å². The Kier molecular flexibility index (Phi) is 3.40. The van der Waals surface area contributed by atoms with E-state index >= 15 is 0 Å². The van der Waals surface area contributed by atoms with Crippen molar-refractivity contribution < 1.29 is 9.84 Å². The maximum Gasteiger partial charge on any atom is 0.125 e. The molecule has 0 spiro atoms. The standard InChI is InChI=1S/C14H15NO2/c1-10-6-7-13(17-2)11(9-10)14(16)12-5-3-4-8-15-12/h3-9,14,16H,1-2H3/t14-/m1/s1. The van der Waals surface area contributed by atoms with Crippen molar-refractivity contribution in [1.82, 2.24) is 4.98 Å². The Hall–Kier alpha value is -1.87. The van der Waals surface area contributed by atoms with E-state index in [0.717, 1.165) is 11.1 Å². The molecule has 1 N–H and O–H groups in total. The number of aromatic nitrogens is 1. The quantitative estimate of drug-likeness (QED) is 0.879. The van der Waals surface area contributed by atoms with Gasteiger partial charge in [-0.2, -0.15) is 0 Å². The van der Waals surface area contributed by atoms with Crippen molar-refractivity contribution in [2.24, 2.45) is 0 Å². The molecule has 0 saturated heterocycles. The van der Waals surface area contributed by atoms with E-state index in [9.17, 15) is 5.11 Å². The van der Waals surface area contributed by atoms with E-state index in [1.807, 2.05) is 37.3 Å². The fourth-order valence-corrected chi connectivity index (χ4v) is 1.76. The van der Waals surface area contributed by atoms with Gasteiger partial charge in [-0.3, -0.25) is 4.98 Å². The molecule has 1 heterocycles. The Bertz CT molecular complexity index is 497. The summed E-state index contributed by atoms with van der Waals surface area (Å²) in [6.07, 6.45) is 0.909. The first-order valence-corrected chi connectivity index (χ1v) is 5.46. The van der Waals surface area contributed by atoms with Gasteiger partial charge in [0, 0.05) is 11.8 Å². The molecular weight excluding hydrogens is 214 g/mol. The second-order valence-electron chi connectivity index (χ2n) is 3.90. The molecule has 1 aromatic heterocycles. The molecule has 0 aliphatic heterocycles. The minimum Gasteiger partial charge on any atom is -0.496 e. The minimum atomic E-state index is -0.758. The Morgan fingerprint density at radius 2 is 2.06 bits per heavy atom. The number of aliphatic hydroxyl groups is 1. The molecule has 0 aliphatic rings. The van der Waals surface area contributed by atoms with Crippen molar-refractivity contribution in [3.63, 3.8) is 0 Å². The van der Waals surface area contributed by atoms with Gasteiger partial charge in [-0.15, -0.1) is 0 Å². The van der Waals surface area contributed by atoms with E-state index in [0.29, 0.717) is 11.4 Å². The zero-order valence-electron chi connectivity index (χ0n) is 9.92. The maximum atomic E-state index is 10.3. The molecule has 1 atom stereocenters. The van der Waals surface area contributed by atoms with Crippen molar-refractivity contribution in [3.8, 4) is 5.75 Å². The van der Waals surface area contributed by atoms with Gasteiger partial charge in [0.15, 0.2) is 0 Å². The van der Waals surface area contributed by atoms with Crippen LogP contribution >= 0.6 is 0 Å². The molecule has 3 heteroatoms. The van der Waals surface area contributed by atoms with Crippen molar-refractivity contribution in [3.05, 3.63) is 59.4 Å². The lowest BCUT2D eigenvalue weighted by atomic mass is 10.0. The van der Waals surface area contributed by atoms with Crippen LogP contribution < -0.4 is 4.74 Å². The van der Waals surface area contributed by atoms with Gasteiger partial charge < -0.3 is 9.84 Å². The summed E-state index contributed by atoms with van der Waals surface area (Å²) in [6.45, 7) is 1.98. The Morgan fingerprint density at radius 3 is 2.71 bits per heavy atom. The van der Waals surface area contributed by atoms with Crippen molar-refractivity contribution in [2.45, 2.75) is 13.0 Å². The van der Waals surface area contributed by atoms with Crippen molar-refractivity contribution in [2.75, 3.05) is 7.11 Å². The molecule has 3 nitrogen and oxygen atoms in total. The summed E-state index contributed by atoms with van der Waals surface area (Å²) in [5.41, 5.74) is 2.44. The molecule has 88 valence electrons. The second-order valence-corrected chi connectivity index (χ2v) is 3.90. The third kappa shape index (κ3) is 2.45. The number of benzene rings is 1. The summed E-state index contributed by atoms with van der Waals surface area (Å²) in [5.74, 6) is 0.675. The van der Waals surface area contributed by atoms with Gasteiger partial charge in [-0.05, 0) is 31.2 Å². The van der Waals surface area contributed by atoms with E-state index in [1.165, 1.54) is 0 Å². The van der Waals surface area contributed by atoms with Crippen LogP contribution in [0, 0.1) is 6.92 Å². The summed E-state index contributed by atoms with van der Waals surface area (Å²) in [6, 6.07) is 11.2. The highest BCUT2D eigenvalue weighted by Gasteiger charge is 2.16. The number of aryl methyl sites for hydroxylation is 1. The lowest BCUT2D eigenvalue weighted by Gasteiger charge is -2.15. The van der Waals surface area contributed by atoms with Gasteiger partial charge in [0.2, 0.25) is 0 Å². The minimum absolute atomic E-state index is 0.622. The molecule has 1 aromatic carbocycles. The zero-order valence-corrected chi connectivity index (χ0v) is 9.92. The molecule has 0 bridgehead atoms. The number of hydrogen-bond acceptors (Lipinski definition) is 3. The van der Waals surface area contributed by atoms with Gasteiger partial charge >= 0.3 is 0 Å². The average Bonchev–Trinajstić information content (AvgIpc) is 2.39.